The van der Waals surface area contributed by atoms with Crippen molar-refractivity contribution in [3.63, 3.8) is 0 Å². The summed E-state index contributed by atoms with van der Waals surface area (Å²) in [5.41, 5.74) is 0. The zero-order valence-electron chi connectivity index (χ0n) is 4.74. The fourth-order valence-electron chi connectivity index (χ4n) is 1.04. The standard InChI is InChI=1S/C6H10FI/c7-5-3-1-2-4-6(5)8/h5-6H,1-4H2/t5-,6-/m0/s1. The Bertz CT molecular complexity index is 64.9. The van der Waals surface area contributed by atoms with Crippen molar-refractivity contribution in [3.05, 3.63) is 0 Å². The summed E-state index contributed by atoms with van der Waals surface area (Å²) in [7, 11) is 0. The molecule has 0 bridgehead atoms. The molecule has 0 amide bonds. The average molecular weight is 228 g/mol. The first-order chi connectivity index (χ1) is 3.80. The number of halogens is 2. The fourth-order valence-corrected chi connectivity index (χ4v) is 1.84. The van der Waals surface area contributed by atoms with Crippen LogP contribution in [0.3, 0.4) is 0 Å². The molecule has 0 aromatic heterocycles. The van der Waals surface area contributed by atoms with Crippen LogP contribution in [0.15, 0.2) is 0 Å². The van der Waals surface area contributed by atoms with Crippen LogP contribution in [0, 0.1) is 0 Å². The molecule has 1 aliphatic carbocycles. The third-order valence-corrected chi connectivity index (χ3v) is 3.01. The largest absolute Gasteiger partial charge is 0.246 e. The van der Waals surface area contributed by atoms with Crippen molar-refractivity contribution in [2.75, 3.05) is 0 Å². The van der Waals surface area contributed by atoms with Gasteiger partial charge in [-0.3, -0.25) is 0 Å². The quantitative estimate of drug-likeness (QED) is 0.441. The summed E-state index contributed by atoms with van der Waals surface area (Å²) in [6.07, 6.45) is 3.70. The molecule has 1 aliphatic rings. The third kappa shape index (κ3) is 1.57. The molecule has 0 spiro atoms. The molecular formula is C6H10FI. The fraction of sp³-hybridized carbons (Fsp3) is 1.00. The van der Waals surface area contributed by atoms with Gasteiger partial charge in [0.15, 0.2) is 0 Å². The molecule has 0 heterocycles. The molecule has 0 aromatic carbocycles. The third-order valence-electron chi connectivity index (χ3n) is 1.60. The van der Waals surface area contributed by atoms with E-state index in [9.17, 15) is 4.39 Å². The Kier molecular flexibility index (Phi) is 2.53. The number of hydrogen-bond acceptors (Lipinski definition) is 0. The number of hydrogen-bond donors (Lipinski definition) is 0. The van der Waals surface area contributed by atoms with Crippen molar-refractivity contribution in [2.24, 2.45) is 0 Å². The summed E-state index contributed by atoms with van der Waals surface area (Å²) in [5, 5.41) is 0. The number of rotatable bonds is 0. The predicted octanol–water partition coefficient (Wildman–Crippen LogP) is 2.70. The highest BCUT2D eigenvalue weighted by Crippen LogP contribution is 2.26. The molecule has 2 atom stereocenters. The highest BCUT2D eigenvalue weighted by atomic mass is 127. The highest BCUT2D eigenvalue weighted by Gasteiger charge is 2.20. The SMILES string of the molecule is F[C@H]1CCCC[C@@H]1I. The van der Waals surface area contributed by atoms with Gasteiger partial charge < -0.3 is 0 Å². The van der Waals surface area contributed by atoms with Crippen LogP contribution in [-0.4, -0.2) is 10.1 Å². The van der Waals surface area contributed by atoms with Crippen molar-refractivity contribution >= 4 is 22.6 Å². The molecule has 48 valence electrons. The maximum atomic E-state index is 12.6. The predicted molar refractivity (Wildman–Crippen MR) is 41.2 cm³/mol. The normalized spacial score (nSPS) is 39.8. The molecule has 1 fully saturated rings. The van der Waals surface area contributed by atoms with E-state index in [4.69, 9.17) is 0 Å². The first kappa shape index (κ1) is 6.78. The van der Waals surface area contributed by atoms with Crippen molar-refractivity contribution in [2.45, 2.75) is 35.8 Å². The van der Waals surface area contributed by atoms with Gasteiger partial charge >= 0.3 is 0 Å². The molecule has 0 aliphatic heterocycles. The van der Waals surface area contributed by atoms with Crippen LogP contribution in [-0.2, 0) is 0 Å². The molecule has 0 saturated heterocycles. The summed E-state index contributed by atoms with van der Waals surface area (Å²) in [5.74, 6) is 0. The summed E-state index contributed by atoms with van der Waals surface area (Å²) in [4.78, 5) is 0. The van der Waals surface area contributed by atoms with Gasteiger partial charge in [-0.1, -0.05) is 35.4 Å². The summed E-state index contributed by atoms with van der Waals surface area (Å²) < 4.78 is 12.9. The van der Waals surface area contributed by atoms with Crippen LogP contribution in [0.4, 0.5) is 4.39 Å². The van der Waals surface area contributed by atoms with E-state index >= 15 is 0 Å². The molecule has 0 radical (unpaired) electrons. The molecule has 0 N–H and O–H groups in total. The minimum atomic E-state index is -0.510. The van der Waals surface area contributed by atoms with E-state index in [0.29, 0.717) is 3.92 Å². The second kappa shape index (κ2) is 2.99. The lowest BCUT2D eigenvalue weighted by Crippen LogP contribution is -2.19. The summed E-state index contributed by atoms with van der Waals surface area (Å²) in [6, 6.07) is 0. The summed E-state index contributed by atoms with van der Waals surface area (Å²) >= 11 is 2.21. The van der Waals surface area contributed by atoms with Crippen LogP contribution >= 0.6 is 22.6 Å². The Labute approximate surface area is 63.0 Å². The monoisotopic (exact) mass is 228 g/mol. The van der Waals surface area contributed by atoms with Gasteiger partial charge in [-0.15, -0.1) is 0 Å². The Morgan fingerprint density at radius 3 is 2.25 bits per heavy atom. The Morgan fingerprint density at radius 2 is 1.88 bits per heavy atom. The van der Waals surface area contributed by atoms with Gasteiger partial charge in [0, 0.05) is 3.92 Å². The van der Waals surface area contributed by atoms with Crippen molar-refractivity contribution in [3.8, 4) is 0 Å². The molecule has 1 rings (SSSR count). The molecular weight excluding hydrogens is 218 g/mol. The molecule has 1 saturated carbocycles. The minimum absolute atomic E-state index is 0.307. The highest BCUT2D eigenvalue weighted by molar-refractivity contribution is 14.1. The van der Waals surface area contributed by atoms with E-state index < -0.39 is 6.17 Å². The zero-order valence-corrected chi connectivity index (χ0v) is 6.90. The molecule has 8 heavy (non-hydrogen) atoms. The molecule has 0 nitrogen and oxygen atoms in total. The van der Waals surface area contributed by atoms with Crippen molar-refractivity contribution in [1.29, 1.82) is 0 Å². The van der Waals surface area contributed by atoms with Crippen LogP contribution in [0.25, 0.3) is 0 Å². The molecule has 0 aromatic rings. The van der Waals surface area contributed by atoms with Gasteiger partial charge in [-0.05, 0) is 12.8 Å². The van der Waals surface area contributed by atoms with Gasteiger partial charge in [0.25, 0.3) is 0 Å². The van der Waals surface area contributed by atoms with E-state index in [1.165, 1.54) is 6.42 Å². The Balaban J connectivity index is 2.28. The minimum Gasteiger partial charge on any atom is -0.246 e. The van der Waals surface area contributed by atoms with Crippen LogP contribution in [0.5, 0.6) is 0 Å². The van der Waals surface area contributed by atoms with E-state index in [1.54, 1.807) is 0 Å². The van der Waals surface area contributed by atoms with Crippen LogP contribution in [0.2, 0.25) is 0 Å². The van der Waals surface area contributed by atoms with Crippen molar-refractivity contribution in [1.82, 2.24) is 0 Å². The average Bonchev–Trinajstić information content (AvgIpc) is 1.77. The molecule has 0 unspecified atom stereocenters. The van der Waals surface area contributed by atoms with E-state index in [1.807, 2.05) is 0 Å². The molecule has 2 heteroatoms. The topological polar surface area (TPSA) is 0 Å². The van der Waals surface area contributed by atoms with Gasteiger partial charge in [0.1, 0.15) is 6.17 Å². The van der Waals surface area contributed by atoms with E-state index in [-0.39, 0.29) is 0 Å². The van der Waals surface area contributed by atoms with Gasteiger partial charge in [0.05, 0.1) is 0 Å². The maximum Gasteiger partial charge on any atom is 0.112 e. The second-order valence-corrected chi connectivity index (χ2v) is 3.92. The Morgan fingerprint density at radius 1 is 1.25 bits per heavy atom. The second-order valence-electron chi connectivity index (χ2n) is 2.32. The summed E-state index contributed by atoms with van der Waals surface area (Å²) in [6.45, 7) is 0. The van der Waals surface area contributed by atoms with Gasteiger partial charge in [0.2, 0.25) is 0 Å². The lowest BCUT2D eigenvalue weighted by atomic mass is 9.99. The van der Waals surface area contributed by atoms with E-state index in [0.717, 1.165) is 19.3 Å². The van der Waals surface area contributed by atoms with Crippen LogP contribution < -0.4 is 0 Å². The lowest BCUT2D eigenvalue weighted by molar-refractivity contribution is 0.267. The van der Waals surface area contributed by atoms with E-state index in [2.05, 4.69) is 22.6 Å². The van der Waals surface area contributed by atoms with Crippen molar-refractivity contribution < 1.29 is 4.39 Å². The van der Waals surface area contributed by atoms with Gasteiger partial charge in [-0.2, -0.15) is 0 Å². The Hall–Kier alpha value is 0.660. The first-order valence-corrected chi connectivity index (χ1v) is 4.33. The smallest absolute Gasteiger partial charge is 0.112 e. The maximum absolute atomic E-state index is 12.6. The van der Waals surface area contributed by atoms with Gasteiger partial charge in [-0.25, -0.2) is 4.39 Å². The number of alkyl halides is 2. The van der Waals surface area contributed by atoms with Crippen LogP contribution in [0.1, 0.15) is 25.7 Å². The lowest BCUT2D eigenvalue weighted by Gasteiger charge is -2.19. The first-order valence-electron chi connectivity index (χ1n) is 3.09. The zero-order chi connectivity index (χ0) is 5.98.